The van der Waals surface area contributed by atoms with Crippen LogP contribution in [0.1, 0.15) is 70.4 Å². The van der Waals surface area contributed by atoms with Crippen LogP contribution in [-0.2, 0) is 29.4 Å². The molecule has 2 bridgehead atoms. The van der Waals surface area contributed by atoms with Gasteiger partial charge in [-0.3, -0.25) is 4.79 Å². The molecule has 3 aliphatic heterocycles. The number of benzene rings is 2. The molecule has 3 aliphatic rings. The van der Waals surface area contributed by atoms with Crippen molar-refractivity contribution in [2.24, 2.45) is 0 Å². The zero-order chi connectivity index (χ0) is 28.4. The molecular formula is C32H41N2O6+. The molecule has 3 heterocycles. The van der Waals surface area contributed by atoms with Gasteiger partial charge in [0.15, 0.2) is 0 Å². The average molecular weight is 550 g/mol. The van der Waals surface area contributed by atoms with Crippen LogP contribution in [0, 0.1) is 0 Å². The summed E-state index contributed by atoms with van der Waals surface area (Å²) in [6, 6.07) is 19.0. The number of alkyl carbamates (subject to hydrolysis) is 1. The number of nitrogens with zero attached hydrogens (tertiary/aromatic N) is 1. The summed E-state index contributed by atoms with van der Waals surface area (Å²) >= 11 is 0. The summed E-state index contributed by atoms with van der Waals surface area (Å²) in [4.78, 5) is 39.8. The van der Waals surface area contributed by atoms with Crippen molar-refractivity contribution in [3.63, 3.8) is 0 Å². The minimum atomic E-state index is -1.83. The van der Waals surface area contributed by atoms with Crippen LogP contribution in [0.4, 0.5) is 4.79 Å². The van der Waals surface area contributed by atoms with E-state index in [0.717, 1.165) is 12.8 Å². The predicted octanol–water partition coefficient (Wildman–Crippen LogP) is 4.85. The Morgan fingerprint density at radius 3 is 1.85 bits per heavy atom. The van der Waals surface area contributed by atoms with Crippen molar-refractivity contribution in [3.05, 3.63) is 71.8 Å². The molecule has 0 radical (unpaired) electrons. The first-order valence-corrected chi connectivity index (χ1v) is 14.5. The second kappa shape index (κ2) is 11.2. The maximum Gasteiger partial charge on any atom is 0.408 e. The molecule has 0 saturated carbocycles. The number of carbonyl (C=O) groups excluding carboxylic acids is 3. The number of quaternary nitrogens is 1. The van der Waals surface area contributed by atoms with Gasteiger partial charge in [-0.15, -0.1) is 0 Å². The molecule has 3 saturated heterocycles. The summed E-state index contributed by atoms with van der Waals surface area (Å²) in [7, 11) is 0. The number of nitrogens with one attached hydrogen (secondary N) is 1. The first-order valence-electron chi connectivity index (χ1n) is 14.5. The highest BCUT2D eigenvalue weighted by atomic mass is 16.6. The van der Waals surface area contributed by atoms with Gasteiger partial charge in [-0.2, -0.15) is 0 Å². The highest BCUT2D eigenvalue weighted by molar-refractivity contribution is 5.90. The average Bonchev–Trinajstić information content (AvgIpc) is 3.47. The fourth-order valence-corrected chi connectivity index (χ4v) is 7.11. The van der Waals surface area contributed by atoms with Crippen LogP contribution in [-0.4, -0.2) is 65.9 Å². The van der Waals surface area contributed by atoms with Crippen molar-refractivity contribution in [2.75, 3.05) is 19.6 Å². The van der Waals surface area contributed by atoms with Gasteiger partial charge in [-0.05, 0) is 20.8 Å². The Kier molecular flexibility index (Phi) is 7.91. The zero-order valence-corrected chi connectivity index (χ0v) is 23.8. The second-order valence-corrected chi connectivity index (χ2v) is 12.4. The lowest BCUT2D eigenvalue weighted by molar-refractivity contribution is -0.956. The molecule has 0 aliphatic carbocycles. The number of ether oxygens (including phenoxy) is 3. The van der Waals surface area contributed by atoms with Gasteiger partial charge in [0.25, 0.3) is 5.60 Å². The van der Waals surface area contributed by atoms with Crippen LogP contribution in [0.5, 0.6) is 0 Å². The molecule has 1 N–H and O–H groups in total. The molecule has 2 unspecified atom stereocenters. The quantitative estimate of drug-likeness (QED) is 0.302. The molecular weight excluding hydrogens is 508 g/mol. The molecule has 214 valence electrons. The Hall–Kier alpha value is -3.39. The van der Waals surface area contributed by atoms with Gasteiger partial charge in [-0.1, -0.05) is 60.7 Å². The normalized spacial score (nSPS) is 23.4. The molecule has 2 aromatic rings. The van der Waals surface area contributed by atoms with E-state index in [1.807, 2.05) is 12.1 Å². The van der Waals surface area contributed by atoms with E-state index in [9.17, 15) is 14.4 Å². The Morgan fingerprint density at radius 1 is 0.825 bits per heavy atom. The van der Waals surface area contributed by atoms with E-state index in [0.29, 0.717) is 23.2 Å². The van der Waals surface area contributed by atoms with Crippen LogP contribution < -0.4 is 5.32 Å². The van der Waals surface area contributed by atoms with Gasteiger partial charge in [0.2, 0.25) is 0 Å². The van der Waals surface area contributed by atoms with Crippen LogP contribution in [0.2, 0.25) is 0 Å². The number of carbonyl (C=O) groups is 3. The SMILES string of the molecule is CC(C)(C)OC(=O)NCC(=O)OC(C(=O)OC1CC2CCC(C1)[N+]21CCCC1)(c1ccccc1)c1ccccc1. The third-order valence-electron chi connectivity index (χ3n) is 8.72. The third kappa shape index (κ3) is 5.59. The number of hydrogen-bond donors (Lipinski definition) is 1. The lowest BCUT2D eigenvalue weighted by Crippen LogP contribution is -2.60. The van der Waals surface area contributed by atoms with Crippen molar-refractivity contribution in [3.8, 4) is 0 Å². The molecule has 1 amide bonds. The molecule has 3 fully saturated rings. The first-order chi connectivity index (χ1) is 19.1. The molecule has 5 rings (SSSR count). The van der Waals surface area contributed by atoms with Crippen molar-refractivity contribution in [1.82, 2.24) is 5.32 Å². The fourth-order valence-electron chi connectivity index (χ4n) is 7.11. The lowest BCUT2D eigenvalue weighted by Gasteiger charge is -2.47. The van der Waals surface area contributed by atoms with E-state index in [4.69, 9.17) is 14.2 Å². The third-order valence-corrected chi connectivity index (χ3v) is 8.72. The van der Waals surface area contributed by atoms with Crippen LogP contribution in [0.15, 0.2) is 60.7 Å². The Morgan fingerprint density at radius 2 is 1.35 bits per heavy atom. The summed E-state index contributed by atoms with van der Waals surface area (Å²) in [5.74, 6) is -1.39. The maximum atomic E-state index is 14.3. The van der Waals surface area contributed by atoms with Crippen LogP contribution in [0.25, 0.3) is 0 Å². The topological polar surface area (TPSA) is 90.9 Å². The van der Waals surface area contributed by atoms with E-state index in [-0.39, 0.29) is 6.10 Å². The van der Waals surface area contributed by atoms with E-state index < -0.39 is 35.8 Å². The zero-order valence-electron chi connectivity index (χ0n) is 23.8. The smallest absolute Gasteiger partial charge is 0.408 e. The van der Waals surface area contributed by atoms with Crippen LogP contribution >= 0.6 is 0 Å². The number of hydrogen-bond acceptors (Lipinski definition) is 6. The number of esters is 2. The number of piperidine rings is 1. The first kappa shape index (κ1) is 28.1. The van der Waals surface area contributed by atoms with Crippen molar-refractivity contribution < 1.29 is 33.1 Å². The molecule has 0 aromatic heterocycles. The van der Waals surface area contributed by atoms with Gasteiger partial charge in [0.1, 0.15) is 18.2 Å². The summed E-state index contributed by atoms with van der Waals surface area (Å²) < 4.78 is 18.8. The molecule has 8 nitrogen and oxygen atoms in total. The lowest BCUT2D eigenvalue weighted by atomic mass is 9.85. The Bertz CT molecular complexity index is 1150. The van der Waals surface area contributed by atoms with Crippen molar-refractivity contribution in [1.29, 1.82) is 0 Å². The van der Waals surface area contributed by atoms with Gasteiger partial charge in [-0.25, -0.2) is 9.59 Å². The number of rotatable bonds is 7. The van der Waals surface area contributed by atoms with Gasteiger partial charge < -0.3 is 24.0 Å². The number of amides is 1. The highest BCUT2D eigenvalue weighted by Crippen LogP contribution is 2.47. The van der Waals surface area contributed by atoms with E-state index >= 15 is 0 Å². The monoisotopic (exact) mass is 549 g/mol. The maximum absolute atomic E-state index is 14.3. The summed E-state index contributed by atoms with van der Waals surface area (Å²) in [6.07, 6.45) is 5.57. The van der Waals surface area contributed by atoms with Crippen molar-refractivity contribution >= 4 is 18.0 Å². The minimum Gasteiger partial charge on any atom is -0.458 e. The largest absolute Gasteiger partial charge is 0.458 e. The second-order valence-electron chi connectivity index (χ2n) is 12.4. The Balaban J connectivity index is 1.41. The van der Waals surface area contributed by atoms with Gasteiger partial charge in [0.05, 0.1) is 25.2 Å². The van der Waals surface area contributed by atoms with E-state index in [2.05, 4.69) is 5.32 Å². The molecule has 2 aromatic carbocycles. The molecule has 40 heavy (non-hydrogen) atoms. The summed E-state index contributed by atoms with van der Waals surface area (Å²) in [6.45, 7) is 7.22. The molecule has 2 atom stereocenters. The molecule has 1 spiro atoms. The van der Waals surface area contributed by atoms with Crippen LogP contribution in [0.3, 0.4) is 0 Å². The molecule has 8 heteroatoms. The van der Waals surface area contributed by atoms with Gasteiger partial charge in [0, 0.05) is 49.7 Å². The van der Waals surface area contributed by atoms with Gasteiger partial charge >= 0.3 is 18.0 Å². The van der Waals surface area contributed by atoms with E-state index in [1.54, 1.807) is 69.3 Å². The fraction of sp³-hybridized carbons (Fsp3) is 0.531. The summed E-state index contributed by atoms with van der Waals surface area (Å²) in [5, 5.41) is 2.44. The Labute approximate surface area is 236 Å². The van der Waals surface area contributed by atoms with E-state index in [1.165, 1.54) is 43.3 Å². The predicted molar refractivity (Wildman–Crippen MR) is 149 cm³/mol. The summed E-state index contributed by atoms with van der Waals surface area (Å²) in [5.41, 5.74) is -1.58. The van der Waals surface area contributed by atoms with Crippen molar-refractivity contribution in [2.45, 2.75) is 88.7 Å². The standard InChI is InChI=1S/C32H40N2O6/c1-31(2,3)40-30(37)33-22-28(35)39-32(23-12-6-4-7-13-23,24-14-8-5-9-15-24)29(36)38-27-20-25-16-17-26(21-27)34(25)18-10-11-19-34/h4-9,12-15,25-27H,10-11,16-22H2,1-3H3/p+1. The highest BCUT2D eigenvalue weighted by Gasteiger charge is 2.57. The minimum absolute atomic E-state index is 0.236.